The van der Waals surface area contributed by atoms with Gasteiger partial charge < -0.3 is 15.2 Å². The molecule has 2 heterocycles. The summed E-state index contributed by atoms with van der Waals surface area (Å²) < 4.78 is 10.9. The SMILES string of the molecule is NC(=O)c1cccc(OC2CCOCC2)n1.[HH]. The van der Waals surface area contributed by atoms with Gasteiger partial charge in [0.05, 0.1) is 13.2 Å². The number of hydrogen-bond donors (Lipinski definition) is 1. The molecule has 1 aliphatic rings. The van der Waals surface area contributed by atoms with Crippen LogP contribution in [0, 0.1) is 0 Å². The Bertz CT molecular complexity index is 381. The van der Waals surface area contributed by atoms with E-state index in [9.17, 15) is 4.79 Å². The van der Waals surface area contributed by atoms with Crippen molar-refractivity contribution in [2.45, 2.75) is 18.9 Å². The predicted octanol–water partition coefficient (Wildman–Crippen LogP) is 0.984. The molecule has 0 aromatic carbocycles. The van der Waals surface area contributed by atoms with E-state index in [1.807, 2.05) is 0 Å². The molecule has 2 N–H and O–H groups in total. The Hall–Kier alpha value is -1.62. The summed E-state index contributed by atoms with van der Waals surface area (Å²) in [4.78, 5) is 15.0. The summed E-state index contributed by atoms with van der Waals surface area (Å²) >= 11 is 0. The number of nitrogens with zero attached hydrogens (tertiary/aromatic N) is 1. The molecule has 0 bridgehead atoms. The van der Waals surface area contributed by atoms with E-state index in [1.54, 1.807) is 18.2 Å². The van der Waals surface area contributed by atoms with Crippen LogP contribution in [0.25, 0.3) is 0 Å². The number of primary amides is 1. The maximum Gasteiger partial charge on any atom is 0.267 e. The first-order valence-corrected chi connectivity index (χ1v) is 5.27. The third-order valence-electron chi connectivity index (χ3n) is 2.43. The molecule has 2 rings (SSSR count). The van der Waals surface area contributed by atoms with E-state index in [1.165, 1.54) is 0 Å². The molecule has 1 aromatic rings. The molecule has 1 aliphatic heterocycles. The van der Waals surface area contributed by atoms with Gasteiger partial charge in [0.25, 0.3) is 5.91 Å². The van der Waals surface area contributed by atoms with Crippen molar-refractivity contribution < 1.29 is 15.7 Å². The minimum atomic E-state index is -0.544. The van der Waals surface area contributed by atoms with Crippen LogP contribution in [0.15, 0.2) is 18.2 Å². The lowest BCUT2D eigenvalue weighted by Gasteiger charge is -2.22. The second-order valence-electron chi connectivity index (χ2n) is 3.65. The molecule has 5 heteroatoms. The summed E-state index contributed by atoms with van der Waals surface area (Å²) in [5, 5.41) is 0. The van der Waals surface area contributed by atoms with Gasteiger partial charge >= 0.3 is 0 Å². The smallest absolute Gasteiger partial charge is 0.267 e. The fraction of sp³-hybridized carbons (Fsp3) is 0.455. The summed E-state index contributed by atoms with van der Waals surface area (Å²) in [7, 11) is 0. The summed E-state index contributed by atoms with van der Waals surface area (Å²) in [5.74, 6) is -0.0966. The minimum Gasteiger partial charge on any atom is -0.474 e. The molecule has 5 nitrogen and oxygen atoms in total. The van der Waals surface area contributed by atoms with Crippen molar-refractivity contribution in [3.05, 3.63) is 23.9 Å². The summed E-state index contributed by atoms with van der Waals surface area (Å²) in [6.07, 6.45) is 1.81. The third kappa shape index (κ3) is 2.70. The lowest BCUT2D eigenvalue weighted by molar-refractivity contribution is 0.0236. The largest absolute Gasteiger partial charge is 0.474 e. The van der Waals surface area contributed by atoms with E-state index in [-0.39, 0.29) is 13.2 Å². The molecule has 1 aromatic heterocycles. The molecule has 1 fully saturated rings. The molecular weight excluding hydrogens is 208 g/mol. The summed E-state index contributed by atoms with van der Waals surface area (Å²) in [5.41, 5.74) is 5.37. The van der Waals surface area contributed by atoms with E-state index in [2.05, 4.69) is 4.98 Å². The molecule has 1 saturated heterocycles. The lowest BCUT2D eigenvalue weighted by Crippen LogP contribution is -2.26. The molecule has 0 radical (unpaired) electrons. The Labute approximate surface area is 95.0 Å². The van der Waals surface area contributed by atoms with Gasteiger partial charge in [0.2, 0.25) is 5.88 Å². The zero-order valence-electron chi connectivity index (χ0n) is 8.89. The van der Waals surface area contributed by atoms with Gasteiger partial charge in [-0.05, 0) is 6.07 Å². The number of carbonyl (C=O) groups excluding carboxylic acids is 1. The van der Waals surface area contributed by atoms with E-state index >= 15 is 0 Å². The first-order valence-electron chi connectivity index (χ1n) is 5.27. The van der Waals surface area contributed by atoms with Crippen molar-refractivity contribution in [3.8, 4) is 5.88 Å². The Balaban J connectivity index is 0.00000144. The standard InChI is InChI=1S/C11H14N2O3.H2/c12-11(14)9-2-1-3-10(13-9)16-8-4-6-15-7-5-8;/h1-3,8H,4-7H2,(H2,12,14);1H. The Morgan fingerprint density at radius 2 is 2.25 bits per heavy atom. The second kappa shape index (κ2) is 4.94. The van der Waals surface area contributed by atoms with Gasteiger partial charge in [-0.1, -0.05) is 6.07 Å². The highest BCUT2D eigenvalue weighted by Crippen LogP contribution is 2.15. The van der Waals surface area contributed by atoms with Crippen molar-refractivity contribution in [1.29, 1.82) is 0 Å². The average molecular weight is 224 g/mol. The van der Waals surface area contributed by atoms with Crippen molar-refractivity contribution in [2.75, 3.05) is 13.2 Å². The van der Waals surface area contributed by atoms with Crippen LogP contribution in [-0.2, 0) is 4.74 Å². The number of hydrogen-bond acceptors (Lipinski definition) is 4. The molecule has 88 valence electrons. The molecule has 1 amide bonds. The zero-order chi connectivity index (χ0) is 11.4. The van der Waals surface area contributed by atoms with Gasteiger partial charge in [-0.3, -0.25) is 4.79 Å². The van der Waals surface area contributed by atoms with Crippen LogP contribution in [0.1, 0.15) is 24.8 Å². The fourth-order valence-electron chi connectivity index (χ4n) is 1.58. The number of ether oxygens (including phenoxy) is 2. The molecule has 0 spiro atoms. The highest BCUT2D eigenvalue weighted by Gasteiger charge is 2.16. The molecule has 0 unspecified atom stereocenters. The molecule has 16 heavy (non-hydrogen) atoms. The predicted molar refractivity (Wildman–Crippen MR) is 59.3 cm³/mol. The van der Waals surface area contributed by atoms with Crippen molar-refractivity contribution in [2.24, 2.45) is 5.73 Å². The van der Waals surface area contributed by atoms with E-state index in [4.69, 9.17) is 15.2 Å². The van der Waals surface area contributed by atoms with Gasteiger partial charge in [-0.2, -0.15) is 0 Å². The normalized spacial score (nSPS) is 17.0. The molecule has 0 atom stereocenters. The topological polar surface area (TPSA) is 74.4 Å². The number of carbonyl (C=O) groups is 1. The third-order valence-corrected chi connectivity index (χ3v) is 2.43. The van der Waals surface area contributed by atoms with Crippen LogP contribution in [-0.4, -0.2) is 30.2 Å². The maximum atomic E-state index is 10.9. The van der Waals surface area contributed by atoms with Gasteiger partial charge in [-0.15, -0.1) is 0 Å². The van der Waals surface area contributed by atoms with Crippen molar-refractivity contribution >= 4 is 5.91 Å². The summed E-state index contributed by atoms with van der Waals surface area (Å²) in [6, 6.07) is 5.00. The minimum absolute atomic E-state index is 0. The number of amides is 1. The Kier molecular flexibility index (Phi) is 3.36. The van der Waals surface area contributed by atoms with E-state index in [0.29, 0.717) is 19.1 Å². The van der Waals surface area contributed by atoms with Crippen LogP contribution in [0.3, 0.4) is 0 Å². The first-order chi connectivity index (χ1) is 7.75. The monoisotopic (exact) mass is 224 g/mol. The molecule has 0 aliphatic carbocycles. The number of pyridine rings is 1. The number of rotatable bonds is 3. The van der Waals surface area contributed by atoms with Crippen LogP contribution in [0.2, 0.25) is 0 Å². The summed E-state index contributed by atoms with van der Waals surface area (Å²) in [6.45, 7) is 1.42. The van der Waals surface area contributed by atoms with Crippen LogP contribution >= 0.6 is 0 Å². The second-order valence-corrected chi connectivity index (χ2v) is 3.65. The average Bonchev–Trinajstić information content (AvgIpc) is 2.30. The molecular formula is C11H16N2O3. The highest BCUT2D eigenvalue weighted by atomic mass is 16.5. The van der Waals surface area contributed by atoms with Gasteiger partial charge in [0.15, 0.2) is 0 Å². The zero-order valence-corrected chi connectivity index (χ0v) is 8.89. The van der Waals surface area contributed by atoms with Gasteiger partial charge in [-0.25, -0.2) is 4.98 Å². The first kappa shape index (κ1) is 10.9. The van der Waals surface area contributed by atoms with Gasteiger partial charge in [0.1, 0.15) is 11.8 Å². The Morgan fingerprint density at radius 3 is 2.94 bits per heavy atom. The Morgan fingerprint density at radius 1 is 1.50 bits per heavy atom. The maximum absolute atomic E-state index is 10.9. The van der Waals surface area contributed by atoms with Crippen molar-refractivity contribution in [3.63, 3.8) is 0 Å². The fourth-order valence-corrected chi connectivity index (χ4v) is 1.58. The highest BCUT2D eigenvalue weighted by molar-refractivity contribution is 5.90. The van der Waals surface area contributed by atoms with Crippen LogP contribution < -0.4 is 10.5 Å². The quantitative estimate of drug-likeness (QED) is 0.830. The van der Waals surface area contributed by atoms with E-state index in [0.717, 1.165) is 12.8 Å². The van der Waals surface area contributed by atoms with Gasteiger partial charge in [0, 0.05) is 20.3 Å². The van der Waals surface area contributed by atoms with Crippen molar-refractivity contribution in [1.82, 2.24) is 4.98 Å². The van der Waals surface area contributed by atoms with Crippen LogP contribution in [0.5, 0.6) is 5.88 Å². The molecule has 0 saturated carbocycles. The number of nitrogens with two attached hydrogens (primary N) is 1. The number of aromatic nitrogens is 1. The van der Waals surface area contributed by atoms with E-state index < -0.39 is 5.91 Å². The lowest BCUT2D eigenvalue weighted by atomic mass is 10.1. The van der Waals surface area contributed by atoms with Crippen LogP contribution in [0.4, 0.5) is 0 Å².